The molecular formula is C14H22N. The molecule has 0 aliphatic carbocycles. The molecule has 0 amide bonds. The predicted octanol–water partition coefficient (Wildman–Crippen LogP) is 3.89. The van der Waals surface area contributed by atoms with E-state index in [-0.39, 0.29) is 0 Å². The number of hydrogen-bond acceptors (Lipinski definition) is 1. The second-order valence-corrected chi connectivity index (χ2v) is 3.89. The van der Waals surface area contributed by atoms with Gasteiger partial charge in [0.05, 0.1) is 0 Å². The van der Waals surface area contributed by atoms with Crippen molar-refractivity contribution in [1.82, 2.24) is 0 Å². The summed E-state index contributed by atoms with van der Waals surface area (Å²) in [5.41, 5.74) is 1.23. The van der Waals surface area contributed by atoms with E-state index in [9.17, 15) is 0 Å². The van der Waals surface area contributed by atoms with Gasteiger partial charge in [-0.2, -0.15) is 0 Å². The van der Waals surface area contributed by atoms with E-state index in [0.29, 0.717) is 0 Å². The molecule has 0 saturated carbocycles. The van der Waals surface area contributed by atoms with Crippen LogP contribution in [0.5, 0.6) is 0 Å². The molecule has 0 unspecified atom stereocenters. The van der Waals surface area contributed by atoms with Crippen LogP contribution in [0, 0.1) is 6.07 Å². The summed E-state index contributed by atoms with van der Waals surface area (Å²) in [5, 5.41) is 0. The molecule has 0 N–H and O–H groups in total. The molecule has 1 rings (SSSR count). The molecule has 1 aromatic rings. The summed E-state index contributed by atoms with van der Waals surface area (Å²) >= 11 is 0. The van der Waals surface area contributed by atoms with Crippen molar-refractivity contribution < 1.29 is 0 Å². The lowest BCUT2D eigenvalue weighted by Crippen LogP contribution is -2.23. The van der Waals surface area contributed by atoms with Gasteiger partial charge in [0.25, 0.3) is 0 Å². The van der Waals surface area contributed by atoms with E-state index in [1.807, 2.05) is 12.1 Å². The molecule has 0 heterocycles. The monoisotopic (exact) mass is 204 g/mol. The SMILES string of the molecule is CCCCCCN(CC)c1[c]cccc1. The highest BCUT2D eigenvalue weighted by Crippen LogP contribution is 2.13. The fourth-order valence-electron chi connectivity index (χ4n) is 1.76. The van der Waals surface area contributed by atoms with Gasteiger partial charge in [-0.15, -0.1) is 0 Å². The minimum absolute atomic E-state index is 1.08. The summed E-state index contributed by atoms with van der Waals surface area (Å²) in [5.74, 6) is 0. The van der Waals surface area contributed by atoms with Crippen molar-refractivity contribution in [2.24, 2.45) is 0 Å². The van der Waals surface area contributed by atoms with E-state index in [2.05, 4.69) is 36.9 Å². The number of hydrogen-bond donors (Lipinski definition) is 0. The lowest BCUT2D eigenvalue weighted by molar-refractivity contribution is 0.649. The molecule has 0 aliphatic heterocycles. The van der Waals surface area contributed by atoms with Crippen LogP contribution in [0.15, 0.2) is 24.3 Å². The Balaban J connectivity index is 2.36. The van der Waals surface area contributed by atoms with Gasteiger partial charge >= 0.3 is 0 Å². The molecule has 0 aromatic heterocycles. The van der Waals surface area contributed by atoms with E-state index in [1.165, 1.54) is 31.4 Å². The number of benzene rings is 1. The van der Waals surface area contributed by atoms with Gasteiger partial charge in [0.1, 0.15) is 0 Å². The second kappa shape index (κ2) is 7.33. The number of para-hydroxylation sites is 1. The van der Waals surface area contributed by atoms with Crippen molar-refractivity contribution in [1.29, 1.82) is 0 Å². The fraction of sp³-hybridized carbons (Fsp3) is 0.571. The van der Waals surface area contributed by atoms with Gasteiger partial charge in [-0.1, -0.05) is 44.4 Å². The number of rotatable bonds is 7. The summed E-state index contributed by atoms with van der Waals surface area (Å²) in [6.45, 7) is 6.70. The van der Waals surface area contributed by atoms with Crippen LogP contribution in [0.4, 0.5) is 5.69 Å². The maximum Gasteiger partial charge on any atom is 0.0446 e. The molecule has 0 saturated heterocycles. The van der Waals surface area contributed by atoms with Crippen LogP contribution in [0.2, 0.25) is 0 Å². The van der Waals surface area contributed by atoms with Crippen molar-refractivity contribution in [2.45, 2.75) is 39.5 Å². The van der Waals surface area contributed by atoms with E-state index < -0.39 is 0 Å². The Morgan fingerprint density at radius 2 is 2.00 bits per heavy atom. The summed E-state index contributed by atoms with van der Waals surface area (Å²) in [4.78, 5) is 2.40. The summed E-state index contributed by atoms with van der Waals surface area (Å²) < 4.78 is 0. The third-order valence-corrected chi connectivity index (χ3v) is 2.70. The molecule has 1 radical (unpaired) electrons. The van der Waals surface area contributed by atoms with E-state index >= 15 is 0 Å². The average Bonchev–Trinajstić information content (AvgIpc) is 2.30. The zero-order valence-corrected chi connectivity index (χ0v) is 10.00. The first-order valence-corrected chi connectivity index (χ1v) is 6.10. The van der Waals surface area contributed by atoms with Crippen LogP contribution in [-0.2, 0) is 0 Å². The molecule has 1 nitrogen and oxygen atoms in total. The van der Waals surface area contributed by atoms with Crippen molar-refractivity contribution in [3.05, 3.63) is 30.3 Å². The molecular weight excluding hydrogens is 182 g/mol. The minimum Gasteiger partial charge on any atom is -0.371 e. The maximum atomic E-state index is 3.29. The first-order chi connectivity index (χ1) is 7.38. The van der Waals surface area contributed by atoms with Crippen LogP contribution < -0.4 is 4.90 Å². The summed E-state index contributed by atoms with van der Waals surface area (Å²) in [6.07, 6.45) is 5.31. The Labute approximate surface area is 94.1 Å². The third kappa shape index (κ3) is 4.37. The Morgan fingerprint density at radius 1 is 1.13 bits per heavy atom. The highest BCUT2D eigenvalue weighted by Gasteiger charge is 2.02. The van der Waals surface area contributed by atoms with Gasteiger partial charge in [0.2, 0.25) is 0 Å². The van der Waals surface area contributed by atoms with Gasteiger partial charge in [-0.3, -0.25) is 0 Å². The average molecular weight is 204 g/mol. The Bertz CT molecular complexity index is 243. The fourth-order valence-corrected chi connectivity index (χ4v) is 1.76. The molecule has 0 fully saturated rings. The number of unbranched alkanes of at least 4 members (excludes halogenated alkanes) is 3. The van der Waals surface area contributed by atoms with Gasteiger partial charge in [0, 0.05) is 24.8 Å². The normalized spacial score (nSPS) is 10.3. The second-order valence-electron chi connectivity index (χ2n) is 3.89. The standard InChI is InChI=1S/C14H22N/c1-3-5-6-10-13-15(4-2)14-11-8-7-9-12-14/h7-9,11H,3-6,10,13H2,1-2H3. The maximum absolute atomic E-state index is 3.29. The summed E-state index contributed by atoms with van der Waals surface area (Å²) in [6, 6.07) is 11.5. The zero-order valence-electron chi connectivity index (χ0n) is 10.00. The third-order valence-electron chi connectivity index (χ3n) is 2.70. The van der Waals surface area contributed by atoms with Crippen LogP contribution in [0.1, 0.15) is 39.5 Å². The van der Waals surface area contributed by atoms with Gasteiger partial charge < -0.3 is 4.90 Å². The van der Waals surface area contributed by atoms with Crippen molar-refractivity contribution in [3.63, 3.8) is 0 Å². The quantitative estimate of drug-likeness (QED) is 0.609. The molecule has 0 spiro atoms. The van der Waals surface area contributed by atoms with Crippen LogP contribution in [-0.4, -0.2) is 13.1 Å². The van der Waals surface area contributed by atoms with Crippen LogP contribution >= 0.6 is 0 Å². The Morgan fingerprint density at radius 3 is 2.60 bits per heavy atom. The smallest absolute Gasteiger partial charge is 0.0446 e. The molecule has 0 atom stereocenters. The number of nitrogens with zero attached hydrogens (tertiary/aromatic N) is 1. The van der Waals surface area contributed by atoms with E-state index in [4.69, 9.17) is 0 Å². The molecule has 83 valence electrons. The lowest BCUT2D eigenvalue weighted by Gasteiger charge is -2.22. The highest BCUT2D eigenvalue weighted by molar-refractivity contribution is 5.44. The molecule has 0 aliphatic rings. The van der Waals surface area contributed by atoms with Crippen molar-refractivity contribution in [3.8, 4) is 0 Å². The minimum atomic E-state index is 1.08. The first kappa shape index (κ1) is 12.1. The molecule has 0 bridgehead atoms. The van der Waals surface area contributed by atoms with Gasteiger partial charge in [-0.05, 0) is 19.4 Å². The first-order valence-electron chi connectivity index (χ1n) is 6.10. The van der Waals surface area contributed by atoms with Crippen molar-refractivity contribution >= 4 is 5.69 Å². The van der Waals surface area contributed by atoms with Crippen LogP contribution in [0.25, 0.3) is 0 Å². The largest absolute Gasteiger partial charge is 0.371 e. The Hall–Kier alpha value is -0.980. The highest BCUT2D eigenvalue weighted by atomic mass is 15.1. The molecule has 1 heteroatoms. The topological polar surface area (TPSA) is 3.24 Å². The van der Waals surface area contributed by atoms with Gasteiger partial charge in [-0.25, -0.2) is 0 Å². The zero-order chi connectivity index (χ0) is 10.9. The van der Waals surface area contributed by atoms with Gasteiger partial charge in [0.15, 0.2) is 0 Å². The lowest BCUT2D eigenvalue weighted by atomic mass is 10.2. The predicted molar refractivity (Wildman–Crippen MR) is 67.3 cm³/mol. The molecule has 15 heavy (non-hydrogen) atoms. The summed E-state index contributed by atoms with van der Waals surface area (Å²) in [7, 11) is 0. The van der Waals surface area contributed by atoms with E-state index in [0.717, 1.165) is 13.1 Å². The number of anilines is 1. The van der Waals surface area contributed by atoms with Crippen LogP contribution in [0.3, 0.4) is 0 Å². The molecule has 1 aromatic carbocycles. The Kier molecular flexibility index (Phi) is 5.91. The van der Waals surface area contributed by atoms with Crippen molar-refractivity contribution in [2.75, 3.05) is 18.0 Å². The van der Waals surface area contributed by atoms with E-state index in [1.54, 1.807) is 0 Å².